The molecule has 0 aliphatic heterocycles. The van der Waals surface area contributed by atoms with Crippen molar-refractivity contribution >= 4 is 17.6 Å². The molecule has 9 nitrogen and oxygen atoms in total. The molecule has 1 aromatic carbocycles. The Hall–Kier alpha value is -3.10. The molecule has 0 aliphatic rings. The quantitative estimate of drug-likeness (QED) is 0.769. The number of hydrogen-bond acceptors (Lipinski definition) is 7. The molecule has 0 spiro atoms. The Bertz CT molecular complexity index is 713. The maximum Gasteiger partial charge on any atom is 0.361 e. The number of nitrogens with one attached hydrogen (secondary N) is 2. The Labute approximate surface area is 131 Å². The smallest absolute Gasteiger partial charge is 0.361 e. The van der Waals surface area contributed by atoms with Crippen molar-refractivity contribution in [3.05, 3.63) is 29.6 Å². The van der Waals surface area contributed by atoms with Crippen LogP contribution in [-0.2, 0) is 4.74 Å². The topological polar surface area (TPSA) is 115 Å². The molecule has 0 bridgehead atoms. The summed E-state index contributed by atoms with van der Waals surface area (Å²) in [5.41, 5.74) is 0.119. The first-order valence-corrected chi connectivity index (χ1v) is 6.72. The Balaban J connectivity index is 2.20. The van der Waals surface area contributed by atoms with Gasteiger partial charge in [0.2, 0.25) is 5.69 Å². The van der Waals surface area contributed by atoms with E-state index in [4.69, 9.17) is 14.2 Å². The van der Waals surface area contributed by atoms with E-state index in [1.807, 2.05) is 0 Å². The van der Waals surface area contributed by atoms with Gasteiger partial charge < -0.3 is 19.5 Å². The van der Waals surface area contributed by atoms with Crippen LogP contribution in [0.15, 0.2) is 18.2 Å². The van der Waals surface area contributed by atoms with Gasteiger partial charge in [-0.1, -0.05) is 0 Å². The molecule has 2 N–H and O–H groups in total. The highest BCUT2D eigenvalue weighted by atomic mass is 16.5. The zero-order valence-corrected chi connectivity index (χ0v) is 12.9. The number of rotatable bonds is 6. The van der Waals surface area contributed by atoms with Gasteiger partial charge in [-0.05, 0) is 19.1 Å². The average Bonchev–Trinajstić information content (AvgIpc) is 3.04. The number of methoxy groups -OCH3 is 2. The van der Waals surface area contributed by atoms with Gasteiger partial charge >= 0.3 is 5.97 Å². The number of H-pyrrole nitrogens is 1. The van der Waals surface area contributed by atoms with Crippen LogP contribution in [0.2, 0.25) is 0 Å². The lowest BCUT2D eigenvalue weighted by Gasteiger charge is -2.10. The first kappa shape index (κ1) is 16.3. The highest BCUT2D eigenvalue weighted by molar-refractivity contribution is 6.08. The predicted molar refractivity (Wildman–Crippen MR) is 79.8 cm³/mol. The van der Waals surface area contributed by atoms with Gasteiger partial charge in [-0.3, -0.25) is 4.79 Å². The van der Waals surface area contributed by atoms with Crippen molar-refractivity contribution in [2.45, 2.75) is 6.92 Å². The number of amides is 1. The Kier molecular flexibility index (Phi) is 5.13. The maximum atomic E-state index is 12.2. The molecule has 0 aliphatic carbocycles. The minimum absolute atomic E-state index is 0.154. The zero-order valence-electron chi connectivity index (χ0n) is 12.9. The average molecular weight is 320 g/mol. The molecular formula is C14H16N4O5. The number of aromatic amines is 1. The summed E-state index contributed by atoms with van der Waals surface area (Å²) in [6, 6.07) is 4.85. The SMILES string of the molecule is CCOC(=O)c1n[nH]nc1C(=O)Nc1ccc(OC)c(OC)c1. The van der Waals surface area contributed by atoms with Crippen molar-refractivity contribution < 1.29 is 23.8 Å². The second kappa shape index (κ2) is 7.25. The van der Waals surface area contributed by atoms with Crippen LogP contribution in [0.4, 0.5) is 5.69 Å². The highest BCUT2D eigenvalue weighted by Crippen LogP contribution is 2.29. The third-order valence-corrected chi connectivity index (χ3v) is 2.87. The summed E-state index contributed by atoms with van der Waals surface area (Å²) in [7, 11) is 3.00. The summed E-state index contributed by atoms with van der Waals surface area (Å²) in [5.74, 6) is -0.344. The fourth-order valence-electron chi connectivity index (χ4n) is 1.84. The van der Waals surface area contributed by atoms with Crippen molar-refractivity contribution in [1.82, 2.24) is 15.4 Å². The largest absolute Gasteiger partial charge is 0.493 e. The molecule has 1 amide bonds. The number of carbonyl (C=O) groups is 2. The summed E-state index contributed by atoms with van der Waals surface area (Å²) < 4.78 is 15.1. The van der Waals surface area contributed by atoms with Crippen LogP contribution < -0.4 is 14.8 Å². The van der Waals surface area contributed by atoms with Gasteiger partial charge in [0, 0.05) is 11.8 Å². The maximum absolute atomic E-state index is 12.2. The van der Waals surface area contributed by atoms with Crippen molar-refractivity contribution in [2.75, 3.05) is 26.1 Å². The molecule has 2 rings (SSSR count). The van der Waals surface area contributed by atoms with Crippen LogP contribution in [0.3, 0.4) is 0 Å². The summed E-state index contributed by atoms with van der Waals surface area (Å²) >= 11 is 0. The number of hydrogen-bond donors (Lipinski definition) is 2. The van der Waals surface area contributed by atoms with E-state index in [1.165, 1.54) is 14.2 Å². The minimum Gasteiger partial charge on any atom is -0.493 e. The van der Waals surface area contributed by atoms with Crippen LogP contribution in [0, 0.1) is 0 Å². The molecule has 2 aromatic rings. The van der Waals surface area contributed by atoms with Gasteiger partial charge in [-0.25, -0.2) is 4.79 Å². The standard InChI is InChI=1S/C14H16N4O5/c1-4-23-14(20)12-11(16-18-17-12)13(19)15-8-5-6-9(21-2)10(7-8)22-3/h5-7H,4H2,1-3H3,(H,15,19)(H,16,17,18). The number of ether oxygens (including phenoxy) is 3. The molecule has 0 unspecified atom stereocenters. The fourth-order valence-corrected chi connectivity index (χ4v) is 1.84. The molecular weight excluding hydrogens is 304 g/mol. The van der Waals surface area contributed by atoms with Gasteiger partial charge in [-0.2, -0.15) is 5.21 Å². The summed E-state index contributed by atoms with van der Waals surface area (Å²) in [4.78, 5) is 24.0. The predicted octanol–water partition coefficient (Wildman–Crippen LogP) is 1.25. The van der Waals surface area contributed by atoms with Gasteiger partial charge in [0.05, 0.1) is 20.8 Å². The molecule has 0 radical (unpaired) electrons. The summed E-state index contributed by atoms with van der Waals surface area (Å²) in [6.45, 7) is 1.82. The van der Waals surface area contributed by atoms with Gasteiger partial charge in [0.15, 0.2) is 17.2 Å². The second-order valence-electron chi connectivity index (χ2n) is 4.27. The number of carbonyl (C=O) groups excluding carboxylic acids is 2. The summed E-state index contributed by atoms with van der Waals surface area (Å²) in [6.07, 6.45) is 0. The van der Waals surface area contributed by atoms with Crippen molar-refractivity contribution in [1.29, 1.82) is 0 Å². The molecule has 0 atom stereocenters. The van der Waals surface area contributed by atoms with Crippen LogP contribution in [0.5, 0.6) is 11.5 Å². The molecule has 0 fully saturated rings. The first-order chi connectivity index (χ1) is 11.1. The number of esters is 1. The Morgan fingerprint density at radius 1 is 1.13 bits per heavy atom. The lowest BCUT2D eigenvalue weighted by Crippen LogP contribution is -2.18. The normalized spacial score (nSPS) is 10.0. The van der Waals surface area contributed by atoms with Crippen LogP contribution >= 0.6 is 0 Å². The van der Waals surface area contributed by atoms with E-state index in [9.17, 15) is 9.59 Å². The Morgan fingerprint density at radius 2 is 1.83 bits per heavy atom. The molecule has 0 saturated carbocycles. The van der Waals surface area contributed by atoms with Crippen LogP contribution in [0.1, 0.15) is 27.9 Å². The second-order valence-corrected chi connectivity index (χ2v) is 4.27. The molecule has 1 aromatic heterocycles. The molecule has 0 saturated heterocycles. The van der Waals surface area contributed by atoms with E-state index < -0.39 is 11.9 Å². The number of benzene rings is 1. The third kappa shape index (κ3) is 3.57. The first-order valence-electron chi connectivity index (χ1n) is 6.72. The van der Waals surface area contributed by atoms with E-state index in [0.717, 1.165) is 0 Å². The highest BCUT2D eigenvalue weighted by Gasteiger charge is 2.23. The number of nitrogens with zero attached hydrogens (tertiary/aromatic N) is 2. The summed E-state index contributed by atoms with van der Waals surface area (Å²) in [5, 5.41) is 12.2. The lowest BCUT2D eigenvalue weighted by atomic mass is 10.2. The number of aromatic nitrogens is 3. The molecule has 1 heterocycles. The third-order valence-electron chi connectivity index (χ3n) is 2.87. The van der Waals surface area contributed by atoms with Crippen molar-refractivity contribution in [3.8, 4) is 11.5 Å². The lowest BCUT2D eigenvalue weighted by molar-refractivity contribution is 0.0516. The van der Waals surface area contributed by atoms with E-state index >= 15 is 0 Å². The van der Waals surface area contributed by atoms with Gasteiger partial charge in [0.25, 0.3) is 5.91 Å². The molecule has 9 heteroatoms. The number of anilines is 1. The molecule has 23 heavy (non-hydrogen) atoms. The Morgan fingerprint density at radius 3 is 2.48 bits per heavy atom. The van der Waals surface area contributed by atoms with E-state index in [2.05, 4.69) is 20.7 Å². The van der Waals surface area contributed by atoms with Crippen LogP contribution in [0.25, 0.3) is 0 Å². The minimum atomic E-state index is -0.723. The van der Waals surface area contributed by atoms with Crippen molar-refractivity contribution in [2.24, 2.45) is 0 Å². The van der Waals surface area contributed by atoms with Crippen molar-refractivity contribution in [3.63, 3.8) is 0 Å². The van der Waals surface area contributed by atoms with E-state index in [-0.39, 0.29) is 18.0 Å². The zero-order chi connectivity index (χ0) is 16.8. The van der Waals surface area contributed by atoms with Gasteiger partial charge in [0.1, 0.15) is 0 Å². The van der Waals surface area contributed by atoms with E-state index in [1.54, 1.807) is 25.1 Å². The molecule has 122 valence electrons. The fraction of sp³-hybridized carbons (Fsp3) is 0.286. The van der Waals surface area contributed by atoms with E-state index in [0.29, 0.717) is 17.2 Å². The van der Waals surface area contributed by atoms with Gasteiger partial charge in [-0.15, -0.1) is 10.2 Å². The van der Waals surface area contributed by atoms with Crippen LogP contribution in [-0.4, -0.2) is 48.1 Å². The monoisotopic (exact) mass is 320 g/mol.